The normalized spacial score (nSPS) is 10.7. The highest BCUT2D eigenvalue weighted by Crippen LogP contribution is 2.28. The lowest BCUT2D eigenvalue weighted by Crippen LogP contribution is -2.06. The number of rotatable bonds is 8. The highest BCUT2D eigenvalue weighted by molar-refractivity contribution is 7.99. The lowest BCUT2D eigenvalue weighted by atomic mass is 10.2. The van der Waals surface area contributed by atoms with Crippen LogP contribution in [0.3, 0.4) is 0 Å². The molecule has 0 amide bonds. The SMILES string of the molecule is CCCNc1ncc([N+](=O)[O-])c(SCCC(C)C)n1. The van der Waals surface area contributed by atoms with E-state index >= 15 is 0 Å². The minimum absolute atomic E-state index is 0.0178. The topological polar surface area (TPSA) is 81.0 Å². The number of nitrogens with one attached hydrogen (secondary N) is 1. The summed E-state index contributed by atoms with van der Waals surface area (Å²) in [4.78, 5) is 18.7. The fourth-order valence-electron chi connectivity index (χ4n) is 1.30. The molecule has 1 heterocycles. The van der Waals surface area contributed by atoms with Crippen molar-refractivity contribution in [3.8, 4) is 0 Å². The third-order valence-corrected chi connectivity index (χ3v) is 3.41. The Morgan fingerprint density at radius 1 is 1.53 bits per heavy atom. The van der Waals surface area contributed by atoms with Gasteiger partial charge >= 0.3 is 5.69 Å². The number of hydrogen-bond donors (Lipinski definition) is 1. The average Bonchev–Trinajstić information content (AvgIpc) is 2.35. The van der Waals surface area contributed by atoms with Gasteiger partial charge in [-0.1, -0.05) is 32.5 Å². The summed E-state index contributed by atoms with van der Waals surface area (Å²) in [7, 11) is 0. The summed E-state index contributed by atoms with van der Waals surface area (Å²) in [5.41, 5.74) is -0.0178. The Balaban J connectivity index is 2.79. The van der Waals surface area contributed by atoms with Crippen molar-refractivity contribution in [2.24, 2.45) is 5.92 Å². The second kappa shape index (κ2) is 7.93. The highest BCUT2D eigenvalue weighted by Gasteiger charge is 2.17. The van der Waals surface area contributed by atoms with Gasteiger partial charge in [0, 0.05) is 6.54 Å². The fraction of sp³-hybridized carbons (Fsp3) is 0.667. The molecule has 1 N–H and O–H groups in total. The van der Waals surface area contributed by atoms with Crippen molar-refractivity contribution in [3.63, 3.8) is 0 Å². The van der Waals surface area contributed by atoms with Crippen LogP contribution in [0.5, 0.6) is 0 Å². The Bertz CT molecular complexity index is 426. The molecule has 0 saturated carbocycles. The van der Waals surface area contributed by atoms with Crippen molar-refractivity contribution in [2.45, 2.75) is 38.6 Å². The van der Waals surface area contributed by atoms with E-state index < -0.39 is 4.92 Å². The molecule has 19 heavy (non-hydrogen) atoms. The molecule has 0 aliphatic carbocycles. The van der Waals surface area contributed by atoms with Crippen LogP contribution in [0.15, 0.2) is 11.2 Å². The lowest BCUT2D eigenvalue weighted by molar-refractivity contribution is -0.388. The molecule has 0 aromatic carbocycles. The Morgan fingerprint density at radius 3 is 2.84 bits per heavy atom. The molecule has 0 saturated heterocycles. The van der Waals surface area contributed by atoms with Gasteiger partial charge in [-0.2, -0.15) is 4.98 Å². The molecule has 1 aromatic rings. The first-order valence-electron chi connectivity index (χ1n) is 6.42. The molecule has 0 radical (unpaired) electrons. The maximum atomic E-state index is 10.9. The van der Waals surface area contributed by atoms with E-state index in [0.29, 0.717) is 16.9 Å². The van der Waals surface area contributed by atoms with Crippen LogP contribution in [0, 0.1) is 16.0 Å². The van der Waals surface area contributed by atoms with Crippen LogP contribution in [0.2, 0.25) is 0 Å². The van der Waals surface area contributed by atoms with E-state index in [0.717, 1.165) is 25.1 Å². The minimum atomic E-state index is -0.429. The van der Waals surface area contributed by atoms with Gasteiger partial charge < -0.3 is 5.32 Å². The summed E-state index contributed by atoms with van der Waals surface area (Å²) >= 11 is 1.42. The Morgan fingerprint density at radius 2 is 2.26 bits per heavy atom. The molecule has 0 atom stereocenters. The molecule has 0 unspecified atom stereocenters. The summed E-state index contributed by atoms with van der Waals surface area (Å²) in [5, 5.41) is 14.4. The molecule has 7 heteroatoms. The number of hydrogen-bond acceptors (Lipinski definition) is 6. The van der Waals surface area contributed by atoms with E-state index in [-0.39, 0.29) is 5.69 Å². The zero-order valence-electron chi connectivity index (χ0n) is 11.5. The summed E-state index contributed by atoms with van der Waals surface area (Å²) in [6, 6.07) is 0. The molecule has 6 nitrogen and oxygen atoms in total. The second-order valence-electron chi connectivity index (χ2n) is 4.60. The number of aromatic nitrogens is 2. The van der Waals surface area contributed by atoms with Gasteiger partial charge in [0.25, 0.3) is 0 Å². The van der Waals surface area contributed by atoms with Crippen LogP contribution < -0.4 is 5.32 Å². The Hall–Kier alpha value is -1.37. The molecule has 106 valence electrons. The third kappa shape index (κ3) is 5.42. The van der Waals surface area contributed by atoms with E-state index in [1.54, 1.807) is 0 Å². The van der Waals surface area contributed by atoms with Crippen molar-refractivity contribution in [1.82, 2.24) is 9.97 Å². The van der Waals surface area contributed by atoms with Gasteiger partial charge in [0.15, 0.2) is 5.03 Å². The fourth-order valence-corrected chi connectivity index (χ4v) is 2.51. The zero-order valence-corrected chi connectivity index (χ0v) is 12.4. The number of nitrogens with zero attached hydrogens (tertiary/aromatic N) is 3. The van der Waals surface area contributed by atoms with E-state index in [1.807, 2.05) is 6.92 Å². The van der Waals surface area contributed by atoms with Gasteiger partial charge in [0.2, 0.25) is 5.95 Å². The number of thioether (sulfide) groups is 1. The zero-order chi connectivity index (χ0) is 14.3. The van der Waals surface area contributed by atoms with Gasteiger partial charge in [-0.05, 0) is 24.5 Å². The molecule has 0 fully saturated rings. The average molecular weight is 284 g/mol. The van der Waals surface area contributed by atoms with E-state index in [2.05, 4.69) is 29.1 Å². The number of anilines is 1. The van der Waals surface area contributed by atoms with Crippen molar-refractivity contribution in [3.05, 3.63) is 16.3 Å². The lowest BCUT2D eigenvalue weighted by Gasteiger charge is -2.07. The summed E-state index contributed by atoms with van der Waals surface area (Å²) < 4.78 is 0. The third-order valence-electron chi connectivity index (χ3n) is 2.40. The molecule has 1 aromatic heterocycles. The monoisotopic (exact) mass is 284 g/mol. The summed E-state index contributed by atoms with van der Waals surface area (Å²) in [6.07, 6.45) is 3.24. The van der Waals surface area contributed by atoms with Gasteiger partial charge in [-0.15, -0.1) is 0 Å². The van der Waals surface area contributed by atoms with Gasteiger partial charge in [0.1, 0.15) is 6.20 Å². The first-order valence-corrected chi connectivity index (χ1v) is 7.41. The van der Waals surface area contributed by atoms with Gasteiger partial charge in [-0.3, -0.25) is 10.1 Å². The van der Waals surface area contributed by atoms with Crippen LogP contribution in [-0.2, 0) is 0 Å². The standard InChI is InChI=1S/C12H20N4O2S/c1-4-6-13-12-14-8-10(16(17)18)11(15-12)19-7-5-9(2)3/h8-9H,4-7H2,1-3H3,(H,13,14,15). The molecular weight excluding hydrogens is 264 g/mol. The Labute approximate surface area is 117 Å². The molecule has 0 aliphatic rings. The smallest absolute Gasteiger partial charge is 0.319 e. The molecular formula is C12H20N4O2S. The van der Waals surface area contributed by atoms with Crippen LogP contribution in [0.1, 0.15) is 33.6 Å². The molecule has 0 bridgehead atoms. The maximum Gasteiger partial charge on any atom is 0.319 e. The first kappa shape index (κ1) is 15.7. The largest absolute Gasteiger partial charge is 0.354 e. The maximum absolute atomic E-state index is 10.9. The molecule has 1 rings (SSSR count). The van der Waals surface area contributed by atoms with Gasteiger partial charge in [0.05, 0.1) is 4.92 Å². The predicted molar refractivity (Wildman–Crippen MR) is 77.6 cm³/mol. The molecule has 0 spiro atoms. The number of nitro groups is 1. The van der Waals surface area contributed by atoms with Crippen molar-refractivity contribution < 1.29 is 4.92 Å². The first-order chi connectivity index (χ1) is 9.04. The van der Waals surface area contributed by atoms with E-state index in [4.69, 9.17) is 0 Å². The van der Waals surface area contributed by atoms with Crippen LogP contribution >= 0.6 is 11.8 Å². The summed E-state index contributed by atoms with van der Waals surface area (Å²) in [6.45, 7) is 7.05. The second-order valence-corrected chi connectivity index (χ2v) is 5.68. The predicted octanol–water partition coefficient (Wildman–Crippen LogP) is 3.34. The summed E-state index contributed by atoms with van der Waals surface area (Å²) in [5.74, 6) is 1.86. The minimum Gasteiger partial charge on any atom is -0.354 e. The molecule has 0 aliphatic heterocycles. The van der Waals surface area contributed by atoms with Gasteiger partial charge in [-0.25, -0.2) is 4.98 Å². The van der Waals surface area contributed by atoms with E-state index in [9.17, 15) is 10.1 Å². The van der Waals surface area contributed by atoms with Crippen molar-refractivity contribution >= 4 is 23.4 Å². The van der Waals surface area contributed by atoms with Crippen LogP contribution in [0.4, 0.5) is 11.6 Å². The van der Waals surface area contributed by atoms with Crippen molar-refractivity contribution in [1.29, 1.82) is 0 Å². The highest BCUT2D eigenvalue weighted by atomic mass is 32.2. The van der Waals surface area contributed by atoms with Crippen molar-refractivity contribution in [2.75, 3.05) is 17.6 Å². The quantitative estimate of drug-likeness (QED) is 0.341. The Kier molecular flexibility index (Phi) is 6.55. The van der Waals surface area contributed by atoms with E-state index in [1.165, 1.54) is 18.0 Å². The van der Waals surface area contributed by atoms with Crippen LogP contribution in [0.25, 0.3) is 0 Å². The van der Waals surface area contributed by atoms with Crippen LogP contribution in [-0.4, -0.2) is 27.2 Å².